The van der Waals surface area contributed by atoms with Crippen molar-refractivity contribution in [1.29, 1.82) is 0 Å². The maximum absolute atomic E-state index is 12.3. The molecule has 2 aromatic rings. The van der Waals surface area contributed by atoms with E-state index in [0.29, 0.717) is 30.0 Å². The van der Waals surface area contributed by atoms with Crippen molar-refractivity contribution in [2.24, 2.45) is 0 Å². The summed E-state index contributed by atoms with van der Waals surface area (Å²) in [7, 11) is 0. The van der Waals surface area contributed by atoms with E-state index < -0.39 is 5.97 Å². The van der Waals surface area contributed by atoms with Gasteiger partial charge in [-0.25, -0.2) is 14.8 Å². The number of thiophene rings is 1. The molecule has 0 aliphatic heterocycles. The number of rotatable bonds is 8. The number of esters is 1. The SMILES string of the molecule is CCOC(=O)c1c(NC(=O)CCCSc2nc(C)cc(C)n2)sc(C)c1C. The van der Waals surface area contributed by atoms with Gasteiger partial charge in [-0.05, 0) is 52.7 Å². The summed E-state index contributed by atoms with van der Waals surface area (Å²) in [5, 5.41) is 4.17. The van der Waals surface area contributed by atoms with Crippen LogP contribution in [0.2, 0.25) is 0 Å². The molecule has 2 rings (SSSR count). The Morgan fingerprint density at radius 3 is 2.48 bits per heavy atom. The second-order valence-electron chi connectivity index (χ2n) is 6.14. The third kappa shape index (κ3) is 6.04. The summed E-state index contributed by atoms with van der Waals surface area (Å²) in [6.45, 7) is 9.75. The largest absolute Gasteiger partial charge is 0.462 e. The van der Waals surface area contributed by atoms with Gasteiger partial charge in [-0.15, -0.1) is 11.3 Å². The number of hydrogen-bond acceptors (Lipinski definition) is 7. The summed E-state index contributed by atoms with van der Waals surface area (Å²) in [5.74, 6) is 0.254. The number of thioether (sulfide) groups is 1. The molecule has 0 aliphatic rings. The molecule has 0 aromatic carbocycles. The number of carbonyl (C=O) groups is 2. The molecule has 2 heterocycles. The van der Waals surface area contributed by atoms with Crippen LogP contribution < -0.4 is 5.32 Å². The molecule has 0 fully saturated rings. The van der Waals surface area contributed by atoms with E-state index in [0.717, 1.165) is 32.7 Å². The van der Waals surface area contributed by atoms with Gasteiger partial charge in [-0.1, -0.05) is 11.8 Å². The first-order chi connectivity index (χ1) is 12.8. The highest BCUT2D eigenvalue weighted by Gasteiger charge is 2.21. The third-order valence-corrected chi connectivity index (χ3v) is 5.92. The maximum Gasteiger partial charge on any atom is 0.341 e. The zero-order valence-electron chi connectivity index (χ0n) is 16.3. The molecule has 0 atom stereocenters. The van der Waals surface area contributed by atoms with E-state index in [-0.39, 0.29) is 5.91 Å². The lowest BCUT2D eigenvalue weighted by Crippen LogP contribution is -2.14. The van der Waals surface area contributed by atoms with E-state index in [9.17, 15) is 9.59 Å². The number of aromatic nitrogens is 2. The number of anilines is 1. The third-order valence-electron chi connectivity index (χ3n) is 3.86. The highest BCUT2D eigenvalue weighted by atomic mass is 32.2. The van der Waals surface area contributed by atoms with Gasteiger partial charge < -0.3 is 10.1 Å². The second kappa shape index (κ2) is 9.85. The highest BCUT2D eigenvalue weighted by Crippen LogP contribution is 2.33. The lowest BCUT2D eigenvalue weighted by atomic mass is 10.1. The van der Waals surface area contributed by atoms with Gasteiger partial charge in [0.1, 0.15) is 5.00 Å². The number of amides is 1. The van der Waals surface area contributed by atoms with Crippen LogP contribution in [0.1, 0.15) is 52.0 Å². The normalized spacial score (nSPS) is 10.7. The Balaban J connectivity index is 1.89. The smallest absolute Gasteiger partial charge is 0.341 e. The molecular weight excluding hydrogens is 382 g/mol. The zero-order chi connectivity index (χ0) is 20.0. The molecule has 146 valence electrons. The van der Waals surface area contributed by atoms with Crippen LogP contribution >= 0.6 is 23.1 Å². The van der Waals surface area contributed by atoms with Crippen molar-refractivity contribution in [3.05, 3.63) is 33.5 Å². The zero-order valence-corrected chi connectivity index (χ0v) is 18.0. The van der Waals surface area contributed by atoms with Crippen LogP contribution in [0.5, 0.6) is 0 Å². The highest BCUT2D eigenvalue weighted by molar-refractivity contribution is 7.99. The van der Waals surface area contributed by atoms with Gasteiger partial charge in [-0.3, -0.25) is 4.79 Å². The van der Waals surface area contributed by atoms with Gasteiger partial charge in [0.25, 0.3) is 0 Å². The minimum absolute atomic E-state index is 0.108. The minimum Gasteiger partial charge on any atom is -0.462 e. The Hall–Kier alpha value is -1.93. The molecule has 2 aromatic heterocycles. The fraction of sp³-hybridized carbons (Fsp3) is 0.474. The maximum atomic E-state index is 12.3. The van der Waals surface area contributed by atoms with E-state index in [1.54, 1.807) is 18.7 Å². The summed E-state index contributed by atoms with van der Waals surface area (Å²) in [5.41, 5.74) is 3.21. The van der Waals surface area contributed by atoms with Crippen molar-refractivity contribution < 1.29 is 14.3 Å². The van der Waals surface area contributed by atoms with E-state index in [4.69, 9.17) is 4.74 Å². The van der Waals surface area contributed by atoms with E-state index >= 15 is 0 Å². The first kappa shape index (κ1) is 21.4. The van der Waals surface area contributed by atoms with Crippen molar-refractivity contribution in [2.45, 2.75) is 52.6 Å². The minimum atomic E-state index is -0.392. The average Bonchev–Trinajstić information content (AvgIpc) is 2.85. The summed E-state index contributed by atoms with van der Waals surface area (Å²) in [6.07, 6.45) is 1.07. The van der Waals surface area contributed by atoms with Crippen molar-refractivity contribution in [2.75, 3.05) is 17.7 Å². The monoisotopic (exact) mass is 407 g/mol. The molecule has 1 amide bonds. The molecule has 0 bridgehead atoms. The molecule has 0 saturated heterocycles. The van der Waals surface area contributed by atoms with Crippen LogP contribution in [-0.4, -0.2) is 34.2 Å². The summed E-state index contributed by atoms with van der Waals surface area (Å²) < 4.78 is 5.11. The molecule has 0 spiro atoms. The van der Waals surface area contributed by atoms with Gasteiger partial charge in [0.05, 0.1) is 12.2 Å². The van der Waals surface area contributed by atoms with Gasteiger partial charge in [0, 0.05) is 28.4 Å². The first-order valence-electron chi connectivity index (χ1n) is 8.83. The molecule has 0 radical (unpaired) electrons. The van der Waals surface area contributed by atoms with Crippen molar-refractivity contribution in [3.63, 3.8) is 0 Å². The Morgan fingerprint density at radius 2 is 1.85 bits per heavy atom. The summed E-state index contributed by atoms with van der Waals surface area (Å²) >= 11 is 2.95. The molecular formula is C19H25N3O3S2. The molecule has 6 nitrogen and oxygen atoms in total. The molecule has 8 heteroatoms. The molecule has 27 heavy (non-hydrogen) atoms. The topological polar surface area (TPSA) is 81.2 Å². The fourth-order valence-corrected chi connectivity index (χ4v) is 4.46. The predicted octanol–water partition coefficient (Wildman–Crippen LogP) is 4.46. The van der Waals surface area contributed by atoms with Gasteiger partial charge in [0.2, 0.25) is 5.91 Å². The van der Waals surface area contributed by atoms with Crippen molar-refractivity contribution in [1.82, 2.24) is 9.97 Å². The number of nitrogens with zero attached hydrogens (tertiary/aromatic N) is 2. The number of ether oxygens (including phenoxy) is 1. The number of hydrogen-bond donors (Lipinski definition) is 1. The van der Waals surface area contributed by atoms with E-state index in [1.807, 2.05) is 33.8 Å². The molecule has 1 N–H and O–H groups in total. The van der Waals surface area contributed by atoms with Crippen LogP contribution in [0.25, 0.3) is 0 Å². The molecule has 0 aliphatic carbocycles. The van der Waals surface area contributed by atoms with Gasteiger partial charge in [0.15, 0.2) is 5.16 Å². The Labute approximate surface area is 168 Å². The quantitative estimate of drug-likeness (QED) is 0.301. The lowest BCUT2D eigenvalue weighted by Gasteiger charge is -2.07. The predicted molar refractivity (Wildman–Crippen MR) is 110 cm³/mol. The Morgan fingerprint density at radius 1 is 1.19 bits per heavy atom. The van der Waals surface area contributed by atoms with Crippen LogP contribution in [0.4, 0.5) is 5.00 Å². The van der Waals surface area contributed by atoms with E-state index in [2.05, 4.69) is 15.3 Å². The fourth-order valence-electron chi connectivity index (χ4n) is 2.51. The number of carbonyl (C=O) groups excluding carboxylic acids is 2. The van der Waals surface area contributed by atoms with Crippen molar-refractivity contribution in [3.8, 4) is 0 Å². The second-order valence-corrected chi connectivity index (χ2v) is 8.43. The van der Waals surface area contributed by atoms with Gasteiger partial charge in [-0.2, -0.15) is 0 Å². The molecule has 0 unspecified atom stereocenters. The summed E-state index contributed by atoms with van der Waals surface area (Å²) in [6, 6.07) is 1.93. The number of aryl methyl sites for hydroxylation is 3. The van der Waals surface area contributed by atoms with Crippen LogP contribution in [0, 0.1) is 27.7 Å². The number of nitrogens with one attached hydrogen (secondary N) is 1. The average molecular weight is 408 g/mol. The standard InChI is InChI=1S/C19H25N3O3S2/c1-6-25-18(24)16-13(4)14(5)27-17(16)22-15(23)8-7-9-26-19-20-11(2)10-12(3)21-19/h10H,6-9H2,1-5H3,(H,22,23). The van der Waals surface area contributed by atoms with Crippen LogP contribution in [0.3, 0.4) is 0 Å². The van der Waals surface area contributed by atoms with Crippen LogP contribution in [-0.2, 0) is 9.53 Å². The first-order valence-corrected chi connectivity index (χ1v) is 10.6. The lowest BCUT2D eigenvalue weighted by molar-refractivity contribution is -0.116. The molecule has 0 saturated carbocycles. The Bertz CT molecular complexity index is 814. The van der Waals surface area contributed by atoms with Gasteiger partial charge >= 0.3 is 5.97 Å². The summed E-state index contributed by atoms with van der Waals surface area (Å²) in [4.78, 5) is 34.2. The van der Waals surface area contributed by atoms with Crippen LogP contribution in [0.15, 0.2) is 11.2 Å². The van der Waals surface area contributed by atoms with E-state index in [1.165, 1.54) is 11.3 Å². The Kier molecular flexibility index (Phi) is 7.79. The van der Waals surface area contributed by atoms with Crippen molar-refractivity contribution >= 4 is 40.0 Å².